The predicted octanol–water partition coefficient (Wildman–Crippen LogP) is 2.25. The van der Waals surface area contributed by atoms with Crippen molar-refractivity contribution >= 4 is 5.82 Å². The Kier molecular flexibility index (Phi) is 5.74. The van der Waals surface area contributed by atoms with Crippen LogP contribution in [0.5, 0.6) is 0 Å². The minimum absolute atomic E-state index is 0.0667. The van der Waals surface area contributed by atoms with Gasteiger partial charge < -0.3 is 14.7 Å². The average molecular weight is 373 g/mol. The maximum absolute atomic E-state index is 12.7. The average Bonchev–Trinajstić information content (AvgIpc) is 2.96. The summed E-state index contributed by atoms with van der Waals surface area (Å²) in [6.45, 7) is 8.03. The molecule has 2 fully saturated rings. The molecule has 2 aliphatic heterocycles. The van der Waals surface area contributed by atoms with Crippen LogP contribution in [-0.2, 0) is 10.9 Å². The first-order valence-corrected chi connectivity index (χ1v) is 9.03. The van der Waals surface area contributed by atoms with E-state index in [1.807, 2.05) is 4.90 Å². The Morgan fingerprint density at radius 1 is 1.12 bits per heavy atom. The Morgan fingerprint density at radius 2 is 1.77 bits per heavy atom. The molecule has 5 nitrogen and oxygen atoms in total. The summed E-state index contributed by atoms with van der Waals surface area (Å²) in [5, 5.41) is 9.75. The maximum Gasteiger partial charge on any atom is 0.417 e. The number of morpholine rings is 1. The lowest BCUT2D eigenvalue weighted by molar-refractivity contribution is -0.137. The van der Waals surface area contributed by atoms with Crippen molar-refractivity contribution in [3.8, 4) is 0 Å². The zero-order chi connectivity index (χ0) is 18.9. The summed E-state index contributed by atoms with van der Waals surface area (Å²) >= 11 is 0. The van der Waals surface area contributed by atoms with Gasteiger partial charge in [-0.15, -0.1) is 0 Å². The van der Waals surface area contributed by atoms with Crippen molar-refractivity contribution in [2.45, 2.75) is 32.2 Å². The molecule has 3 rings (SSSR count). The van der Waals surface area contributed by atoms with Crippen LogP contribution < -0.4 is 4.90 Å². The van der Waals surface area contributed by atoms with Crippen molar-refractivity contribution in [2.75, 3.05) is 44.2 Å². The number of ether oxygens (including phenoxy) is 1. The second-order valence-corrected chi connectivity index (χ2v) is 7.49. The van der Waals surface area contributed by atoms with Crippen molar-refractivity contribution < 1.29 is 23.0 Å². The van der Waals surface area contributed by atoms with Crippen molar-refractivity contribution in [3.05, 3.63) is 23.9 Å². The number of pyridine rings is 1. The third kappa shape index (κ3) is 4.47. The fourth-order valence-electron chi connectivity index (χ4n) is 4.05. The normalized spacial score (nSPS) is 30.8. The quantitative estimate of drug-likeness (QED) is 0.877. The summed E-state index contributed by atoms with van der Waals surface area (Å²) in [4.78, 5) is 8.32. The van der Waals surface area contributed by atoms with Gasteiger partial charge in [0.05, 0.1) is 17.8 Å². The third-order valence-corrected chi connectivity index (χ3v) is 5.20. The first kappa shape index (κ1) is 19.4. The van der Waals surface area contributed by atoms with Crippen molar-refractivity contribution in [2.24, 2.45) is 11.8 Å². The van der Waals surface area contributed by atoms with E-state index >= 15 is 0 Å². The number of hydrogen-bond donors (Lipinski definition) is 1. The number of aliphatic hydroxyl groups is 1. The summed E-state index contributed by atoms with van der Waals surface area (Å²) in [7, 11) is 0. The standard InChI is InChI=1S/C18H26F3N3O2/c1-12-6-23(7-13(2)26-12)8-14-9-24(10-15(14)11-25)17-4-3-16(5-22-17)18(19,20)21/h3-5,12-15,25H,6-11H2,1-2H3/t12-,13+,14-,15-/m1/s1. The van der Waals surface area contributed by atoms with E-state index in [9.17, 15) is 18.3 Å². The molecule has 0 saturated carbocycles. The Balaban J connectivity index is 1.65. The molecule has 0 aliphatic carbocycles. The first-order valence-electron chi connectivity index (χ1n) is 9.03. The molecule has 146 valence electrons. The van der Waals surface area contributed by atoms with Gasteiger partial charge in [-0.1, -0.05) is 0 Å². The van der Waals surface area contributed by atoms with Crippen LogP contribution in [0.1, 0.15) is 19.4 Å². The molecule has 2 aliphatic rings. The summed E-state index contributed by atoms with van der Waals surface area (Å²) < 4.78 is 43.9. The third-order valence-electron chi connectivity index (χ3n) is 5.20. The zero-order valence-corrected chi connectivity index (χ0v) is 15.1. The number of hydrogen-bond acceptors (Lipinski definition) is 5. The minimum Gasteiger partial charge on any atom is -0.396 e. The van der Waals surface area contributed by atoms with Crippen molar-refractivity contribution in [1.82, 2.24) is 9.88 Å². The fourth-order valence-corrected chi connectivity index (χ4v) is 4.05. The van der Waals surface area contributed by atoms with Crippen molar-refractivity contribution in [3.63, 3.8) is 0 Å². The van der Waals surface area contributed by atoms with Crippen LogP contribution in [0.2, 0.25) is 0 Å². The lowest BCUT2D eigenvalue weighted by atomic mass is 9.96. The van der Waals surface area contributed by atoms with E-state index in [0.29, 0.717) is 18.9 Å². The highest BCUT2D eigenvalue weighted by molar-refractivity contribution is 5.41. The van der Waals surface area contributed by atoms with Gasteiger partial charge in [0.1, 0.15) is 5.82 Å². The van der Waals surface area contributed by atoms with E-state index in [2.05, 4.69) is 23.7 Å². The van der Waals surface area contributed by atoms with Crippen LogP contribution in [0, 0.1) is 11.8 Å². The largest absolute Gasteiger partial charge is 0.417 e. The number of alkyl halides is 3. The second kappa shape index (κ2) is 7.70. The van der Waals surface area contributed by atoms with Crippen LogP contribution >= 0.6 is 0 Å². The fraction of sp³-hybridized carbons (Fsp3) is 0.722. The Morgan fingerprint density at radius 3 is 2.31 bits per heavy atom. The molecule has 8 heteroatoms. The van der Waals surface area contributed by atoms with E-state index in [4.69, 9.17) is 4.74 Å². The van der Waals surface area contributed by atoms with Crippen LogP contribution in [0.4, 0.5) is 19.0 Å². The molecule has 0 spiro atoms. The first-order chi connectivity index (χ1) is 12.3. The molecular formula is C18H26F3N3O2. The highest BCUT2D eigenvalue weighted by Gasteiger charge is 2.36. The number of aromatic nitrogens is 1. The summed E-state index contributed by atoms with van der Waals surface area (Å²) in [5.41, 5.74) is -0.744. The predicted molar refractivity (Wildman–Crippen MR) is 92.0 cm³/mol. The van der Waals surface area contributed by atoms with Crippen LogP contribution in [-0.4, -0.2) is 66.5 Å². The van der Waals surface area contributed by atoms with Gasteiger partial charge in [0.15, 0.2) is 0 Å². The minimum atomic E-state index is -4.38. The number of anilines is 1. The molecule has 0 radical (unpaired) electrons. The molecule has 1 aromatic heterocycles. The zero-order valence-electron chi connectivity index (χ0n) is 15.1. The highest BCUT2D eigenvalue weighted by atomic mass is 19.4. The summed E-state index contributed by atoms with van der Waals surface area (Å²) in [6.07, 6.45) is -3.14. The molecular weight excluding hydrogens is 347 g/mol. The highest BCUT2D eigenvalue weighted by Crippen LogP contribution is 2.32. The number of halogens is 3. The SMILES string of the molecule is C[C@@H]1CN(C[C@@H]2CN(c3ccc(C(F)(F)F)cn3)C[C@@H]2CO)C[C@H](C)O1. The molecule has 3 heterocycles. The van der Waals surface area contributed by atoms with E-state index in [1.165, 1.54) is 6.07 Å². The van der Waals surface area contributed by atoms with Gasteiger partial charge in [0.2, 0.25) is 0 Å². The van der Waals surface area contributed by atoms with Crippen LogP contribution in [0.15, 0.2) is 18.3 Å². The summed E-state index contributed by atoms with van der Waals surface area (Å²) in [5.74, 6) is 0.872. The van der Waals surface area contributed by atoms with Gasteiger partial charge in [0.25, 0.3) is 0 Å². The lowest BCUT2D eigenvalue weighted by Crippen LogP contribution is -2.48. The van der Waals surface area contributed by atoms with E-state index in [1.54, 1.807) is 0 Å². The summed E-state index contributed by atoms with van der Waals surface area (Å²) in [6, 6.07) is 2.48. The van der Waals surface area contributed by atoms with Gasteiger partial charge in [-0.2, -0.15) is 13.2 Å². The Labute approximate surface area is 151 Å². The van der Waals surface area contributed by atoms with Gasteiger partial charge in [0, 0.05) is 51.4 Å². The molecule has 1 N–H and O–H groups in total. The topological polar surface area (TPSA) is 48.8 Å². The molecule has 0 bridgehead atoms. The van der Waals surface area contributed by atoms with Crippen LogP contribution in [0.25, 0.3) is 0 Å². The Hall–Kier alpha value is -1.38. The van der Waals surface area contributed by atoms with Gasteiger partial charge in [-0.05, 0) is 31.9 Å². The number of rotatable bonds is 4. The number of aliphatic hydroxyl groups excluding tert-OH is 1. The lowest BCUT2D eigenvalue weighted by Gasteiger charge is -2.37. The Bertz CT molecular complexity index is 586. The number of nitrogens with zero attached hydrogens (tertiary/aromatic N) is 3. The van der Waals surface area contributed by atoms with Gasteiger partial charge >= 0.3 is 6.18 Å². The molecule has 26 heavy (non-hydrogen) atoms. The van der Waals surface area contributed by atoms with Crippen LogP contribution in [0.3, 0.4) is 0 Å². The molecule has 1 aromatic rings. The molecule has 2 saturated heterocycles. The second-order valence-electron chi connectivity index (χ2n) is 7.49. The molecule has 4 atom stereocenters. The van der Waals surface area contributed by atoms with Gasteiger partial charge in [-0.25, -0.2) is 4.98 Å². The smallest absolute Gasteiger partial charge is 0.396 e. The maximum atomic E-state index is 12.7. The van der Waals surface area contributed by atoms with E-state index in [-0.39, 0.29) is 30.7 Å². The van der Waals surface area contributed by atoms with Gasteiger partial charge in [-0.3, -0.25) is 4.90 Å². The molecule has 0 unspecified atom stereocenters. The monoisotopic (exact) mass is 373 g/mol. The van der Waals surface area contributed by atoms with Crippen molar-refractivity contribution in [1.29, 1.82) is 0 Å². The molecule has 0 aromatic carbocycles. The van der Waals surface area contributed by atoms with E-state index in [0.717, 1.165) is 31.9 Å². The molecule has 0 amide bonds. The van der Waals surface area contributed by atoms with E-state index < -0.39 is 11.7 Å².